The molecule has 4 N–H and O–H groups in total. The summed E-state index contributed by atoms with van der Waals surface area (Å²) in [6.07, 6.45) is 3.29. The molecule has 0 saturated carbocycles. The number of amides is 1. The summed E-state index contributed by atoms with van der Waals surface area (Å²) in [7, 11) is 1.91. The molecule has 30 heavy (non-hydrogen) atoms. The smallest absolute Gasteiger partial charge is 0.261 e. The van der Waals surface area contributed by atoms with Gasteiger partial charge in [0.15, 0.2) is 0 Å². The number of carbonyl (C=O) groups excluding carboxylic acids is 1. The number of thiophene rings is 1. The third kappa shape index (κ3) is 4.54. The second kappa shape index (κ2) is 8.70. The fourth-order valence-electron chi connectivity index (χ4n) is 2.91. The highest BCUT2D eigenvalue weighted by Crippen LogP contribution is 2.25. The van der Waals surface area contributed by atoms with Crippen molar-refractivity contribution in [3.8, 4) is 0 Å². The van der Waals surface area contributed by atoms with Crippen molar-refractivity contribution in [1.29, 1.82) is 0 Å². The van der Waals surface area contributed by atoms with E-state index >= 15 is 0 Å². The number of nitrogens with one attached hydrogen (secondary N) is 2. The number of nitrogens with zero attached hydrogens (tertiary/aromatic N) is 3. The molecule has 3 heterocycles. The van der Waals surface area contributed by atoms with Crippen LogP contribution in [-0.4, -0.2) is 35.6 Å². The summed E-state index contributed by atoms with van der Waals surface area (Å²) in [5.74, 6) is 0.767. The molecule has 0 spiro atoms. The van der Waals surface area contributed by atoms with Crippen molar-refractivity contribution in [3.05, 3.63) is 69.5 Å². The summed E-state index contributed by atoms with van der Waals surface area (Å²) < 4.78 is 0.582. The number of hydroxylamine groups is 1. The Labute approximate surface area is 182 Å². The van der Waals surface area contributed by atoms with Crippen LogP contribution in [0.15, 0.2) is 54.7 Å². The molecule has 10 heteroatoms. The molecule has 0 fully saturated rings. The fraction of sp³-hybridized carbons (Fsp3) is 0.150. The maximum atomic E-state index is 12.1. The van der Waals surface area contributed by atoms with Crippen molar-refractivity contribution in [3.63, 3.8) is 0 Å². The van der Waals surface area contributed by atoms with Crippen LogP contribution >= 0.6 is 22.9 Å². The molecule has 0 aliphatic carbocycles. The minimum atomic E-state index is -0.272. The average Bonchev–Trinajstić information content (AvgIpc) is 3.41. The van der Waals surface area contributed by atoms with Crippen molar-refractivity contribution in [2.45, 2.75) is 6.10 Å². The summed E-state index contributed by atoms with van der Waals surface area (Å²) in [4.78, 5) is 28.3. The zero-order valence-electron chi connectivity index (χ0n) is 16.0. The summed E-state index contributed by atoms with van der Waals surface area (Å²) in [6, 6.07) is 13.1. The van der Waals surface area contributed by atoms with Gasteiger partial charge in [-0.05, 0) is 42.0 Å². The van der Waals surface area contributed by atoms with Gasteiger partial charge in [-0.2, -0.15) is 4.98 Å². The van der Waals surface area contributed by atoms with Gasteiger partial charge in [0.25, 0.3) is 5.91 Å². The molecule has 2 aromatic heterocycles. The van der Waals surface area contributed by atoms with E-state index in [1.165, 1.54) is 11.3 Å². The standard InChI is InChI=1S/C20H19ClN6O2S/c1-27(18-8-9-23-20(22)25-18)13-4-2-12(3-5-13)15-10-14(29-26-15)11-24-19(28)16-6-7-17(21)30-16/h2-10,14,26H,11H2,1H3,(H,24,28)(H2,22,23,25). The molecule has 4 rings (SSSR count). The Hall–Kier alpha value is -3.14. The number of hydrogen-bond acceptors (Lipinski definition) is 8. The molecular formula is C20H19ClN6O2S. The van der Waals surface area contributed by atoms with Crippen LogP contribution in [0.3, 0.4) is 0 Å². The SMILES string of the molecule is CN(c1ccc(C2=CC(CNC(=O)c3ccc(Cl)s3)ON2)cc1)c1ccnc(N)n1. The molecule has 1 atom stereocenters. The lowest BCUT2D eigenvalue weighted by Gasteiger charge is -2.18. The molecular weight excluding hydrogens is 424 g/mol. The molecule has 0 saturated heterocycles. The van der Waals surface area contributed by atoms with E-state index in [1.807, 2.05) is 42.3 Å². The van der Waals surface area contributed by atoms with Crippen LogP contribution in [0, 0.1) is 0 Å². The minimum Gasteiger partial charge on any atom is -0.368 e. The van der Waals surface area contributed by atoms with E-state index in [0.29, 0.717) is 21.6 Å². The molecule has 154 valence electrons. The molecule has 1 amide bonds. The number of benzene rings is 1. The van der Waals surface area contributed by atoms with Gasteiger partial charge >= 0.3 is 0 Å². The maximum absolute atomic E-state index is 12.1. The van der Waals surface area contributed by atoms with Gasteiger partial charge in [-0.15, -0.1) is 11.3 Å². The molecule has 1 aliphatic heterocycles. The van der Waals surface area contributed by atoms with Crippen LogP contribution < -0.4 is 21.4 Å². The van der Waals surface area contributed by atoms with Crippen LogP contribution in [-0.2, 0) is 4.84 Å². The lowest BCUT2D eigenvalue weighted by atomic mass is 10.1. The van der Waals surface area contributed by atoms with Gasteiger partial charge < -0.3 is 16.0 Å². The molecule has 1 aliphatic rings. The van der Waals surface area contributed by atoms with Gasteiger partial charge in [0, 0.05) is 18.9 Å². The Balaban J connectivity index is 1.38. The first-order chi connectivity index (χ1) is 14.5. The monoisotopic (exact) mass is 442 g/mol. The second-order valence-electron chi connectivity index (χ2n) is 6.53. The van der Waals surface area contributed by atoms with E-state index in [9.17, 15) is 4.79 Å². The predicted molar refractivity (Wildman–Crippen MR) is 119 cm³/mol. The van der Waals surface area contributed by atoms with E-state index < -0.39 is 0 Å². The summed E-state index contributed by atoms with van der Waals surface area (Å²) >= 11 is 7.11. The van der Waals surface area contributed by atoms with E-state index in [0.717, 1.165) is 16.9 Å². The Morgan fingerprint density at radius 3 is 2.80 bits per heavy atom. The Morgan fingerprint density at radius 2 is 2.10 bits per heavy atom. The van der Waals surface area contributed by atoms with Crippen LogP contribution in [0.25, 0.3) is 5.70 Å². The lowest BCUT2D eigenvalue weighted by Crippen LogP contribution is -2.31. The van der Waals surface area contributed by atoms with Crippen molar-refractivity contribution in [2.24, 2.45) is 0 Å². The highest BCUT2D eigenvalue weighted by Gasteiger charge is 2.19. The second-order valence-corrected chi connectivity index (χ2v) is 8.25. The first-order valence-electron chi connectivity index (χ1n) is 9.09. The third-order valence-electron chi connectivity index (χ3n) is 4.50. The fourth-order valence-corrected chi connectivity index (χ4v) is 3.87. The quantitative estimate of drug-likeness (QED) is 0.538. The van der Waals surface area contributed by atoms with Gasteiger partial charge in [0.05, 0.1) is 21.5 Å². The topological polar surface area (TPSA) is 105 Å². The Bertz CT molecular complexity index is 1080. The number of carbonyl (C=O) groups is 1. The Kier molecular flexibility index (Phi) is 5.84. The van der Waals surface area contributed by atoms with Gasteiger partial charge in [0.1, 0.15) is 11.9 Å². The molecule has 0 radical (unpaired) electrons. The van der Waals surface area contributed by atoms with Crippen molar-refractivity contribution in [1.82, 2.24) is 20.8 Å². The molecule has 1 unspecified atom stereocenters. The number of nitrogens with two attached hydrogens (primary N) is 1. The van der Waals surface area contributed by atoms with Gasteiger partial charge in [-0.25, -0.2) is 4.98 Å². The van der Waals surface area contributed by atoms with Gasteiger partial charge in [0.2, 0.25) is 5.95 Å². The minimum absolute atomic E-state index is 0.171. The van der Waals surface area contributed by atoms with Gasteiger partial charge in [-0.3, -0.25) is 15.1 Å². The highest BCUT2D eigenvalue weighted by molar-refractivity contribution is 7.18. The van der Waals surface area contributed by atoms with Crippen LogP contribution in [0.2, 0.25) is 4.34 Å². The number of aromatic nitrogens is 2. The van der Waals surface area contributed by atoms with Crippen molar-refractivity contribution in [2.75, 3.05) is 24.2 Å². The predicted octanol–water partition coefficient (Wildman–Crippen LogP) is 3.22. The largest absolute Gasteiger partial charge is 0.368 e. The number of nitrogen functional groups attached to an aromatic ring is 1. The normalized spacial score (nSPS) is 15.4. The maximum Gasteiger partial charge on any atom is 0.261 e. The third-order valence-corrected chi connectivity index (χ3v) is 5.73. The average molecular weight is 443 g/mol. The van der Waals surface area contributed by atoms with Crippen LogP contribution in [0.5, 0.6) is 0 Å². The number of halogens is 1. The number of hydrogen-bond donors (Lipinski definition) is 3. The van der Waals surface area contributed by atoms with Crippen LogP contribution in [0.1, 0.15) is 15.2 Å². The molecule has 8 nitrogen and oxygen atoms in total. The van der Waals surface area contributed by atoms with E-state index in [1.54, 1.807) is 24.4 Å². The van der Waals surface area contributed by atoms with E-state index in [-0.39, 0.29) is 18.0 Å². The zero-order chi connectivity index (χ0) is 21.1. The van der Waals surface area contributed by atoms with E-state index in [2.05, 4.69) is 20.8 Å². The first-order valence-corrected chi connectivity index (χ1v) is 10.3. The van der Waals surface area contributed by atoms with Crippen molar-refractivity contribution < 1.29 is 9.63 Å². The summed E-state index contributed by atoms with van der Waals surface area (Å²) in [6.45, 7) is 0.348. The highest BCUT2D eigenvalue weighted by atomic mass is 35.5. The number of anilines is 3. The summed E-state index contributed by atoms with van der Waals surface area (Å²) in [5, 5.41) is 2.85. The van der Waals surface area contributed by atoms with Crippen molar-refractivity contribution >= 4 is 52.0 Å². The van der Waals surface area contributed by atoms with E-state index in [4.69, 9.17) is 22.2 Å². The first kappa shape index (κ1) is 20.1. The van der Waals surface area contributed by atoms with Gasteiger partial charge in [-0.1, -0.05) is 23.7 Å². The van der Waals surface area contributed by atoms with Crippen LogP contribution in [0.4, 0.5) is 17.5 Å². The molecule has 1 aromatic carbocycles. The lowest BCUT2D eigenvalue weighted by molar-refractivity contribution is 0.0499. The molecule has 0 bridgehead atoms. The summed E-state index contributed by atoms with van der Waals surface area (Å²) in [5.41, 5.74) is 11.3. The molecule has 3 aromatic rings. The zero-order valence-corrected chi connectivity index (χ0v) is 17.6. The Morgan fingerprint density at radius 1 is 1.30 bits per heavy atom. The number of rotatable bonds is 6.